The van der Waals surface area contributed by atoms with Gasteiger partial charge in [0.05, 0.1) is 0 Å². The molecule has 0 N–H and O–H groups in total. The highest BCUT2D eigenvalue weighted by Gasteiger charge is 2.05. The van der Waals surface area contributed by atoms with Gasteiger partial charge in [0.15, 0.2) is 5.78 Å². The Morgan fingerprint density at radius 2 is 1.86 bits per heavy atom. The number of ether oxygens (including phenoxy) is 1. The third kappa shape index (κ3) is 6.06. The second kappa shape index (κ2) is 10.1. The molecule has 0 saturated heterocycles. The number of benzene rings is 2. The molecule has 0 bridgehead atoms. The smallest absolute Gasteiger partial charge is 0.155 e. The van der Waals surface area contributed by atoms with Crippen LogP contribution in [0.3, 0.4) is 0 Å². The number of allylic oxidation sites excluding steroid dienone is 1. The van der Waals surface area contributed by atoms with Crippen molar-refractivity contribution in [1.82, 2.24) is 9.47 Å². The number of fused-ring (bicyclic) bond motifs is 1. The second-order valence-corrected chi connectivity index (χ2v) is 7.62. The van der Waals surface area contributed by atoms with Crippen molar-refractivity contribution in [1.29, 1.82) is 0 Å². The van der Waals surface area contributed by atoms with E-state index >= 15 is 0 Å². The van der Waals surface area contributed by atoms with Gasteiger partial charge >= 0.3 is 0 Å². The molecule has 4 nitrogen and oxygen atoms in total. The Morgan fingerprint density at radius 3 is 2.62 bits per heavy atom. The maximum absolute atomic E-state index is 12.2. The predicted molar refractivity (Wildman–Crippen MR) is 120 cm³/mol. The van der Waals surface area contributed by atoms with Crippen molar-refractivity contribution in [3.8, 4) is 5.75 Å². The molecule has 4 heteroatoms. The molecule has 0 aliphatic heterocycles. The summed E-state index contributed by atoms with van der Waals surface area (Å²) < 4.78 is 7.98. The molecule has 0 fully saturated rings. The first kappa shape index (κ1) is 20.9. The molecule has 0 spiro atoms. The average Bonchev–Trinajstić information content (AvgIpc) is 3.02. The van der Waals surface area contributed by atoms with Gasteiger partial charge in [-0.2, -0.15) is 0 Å². The van der Waals surface area contributed by atoms with Crippen molar-refractivity contribution in [2.45, 2.75) is 26.3 Å². The normalized spacial score (nSPS) is 11.6. The maximum Gasteiger partial charge on any atom is 0.155 e. The summed E-state index contributed by atoms with van der Waals surface area (Å²) in [6, 6.07) is 18.4. The second-order valence-electron chi connectivity index (χ2n) is 7.62. The third-order valence-corrected chi connectivity index (χ3v) is 4.97. The largest absolute Gasteiger partial charge is 0.492 e. The Morgan fingerprint density at radius 1 is 1.10 bits per heavy atom. The van der Waals surface area contributed by atoms with Gasteiger partial charge in [-0.25, -0.2) is 0 Å². The summed E-state index contributed by atoms with van der Waals surface area (Å²) in [5, 5.41) is 1.25. The van der Waals surface area contributed by atoms with Crippen molar-refractivity contribution in [2.24, 2.45) is 0 Å². The minimum atomic E-state index is 0.158. The number of aryl methyl sites for hydroxylation is 2. The number of para-hydroxylation sites is 1. The lowest BCUT2D eigenvalue weighted by Gasteiger charge is -2.10. The summed E-state index contributed by atoms with van der Waals surface area (Å²) >= 11 is 0. The number of hydrogen-bond acceptors (Lipinski definition) is 3. The summed E-state index contributed by atoms with van der Waals surface area (Å²) in [6.45, 7) is 4.53. The van der Waals surface area contributed by atoms with Gasteiger partial charge in [0.25, 0.3) is 0 Å². The first-order valence-corrected chi connectivity index (χ1v) is 10.2. The van der Waals surface area contributed by atoms with Gasteiger partial charge in [-0.3, -0.25) is 4.79 Å². The molecule has 29 heavy (non-hydrogen) atoms. The number of likely N-dealkylation sites (N-methyl/N-ethyl adjacent to an activating group) is 1. The zero-order valence-corrected chi connectivity index (χ0v) is 17.6. The maximum atomic E-state index is 12.2. The van der Waals surface area contributed by atoms with E-state index in [4.69, 9.17) is 4.74 Å². The lowest BCUT2D eigenvalue weighted by molar-refractivity contribution is -0.114. The summed E-state index contributed by atoms with van der Waals surface area (Å²) in [6.07, 6.45) is 4.94. The molecule has 0 amide bonds. The number of rotatable bonds is 10. The highest BCUT2D eigenvalue weighted by atomic mass is 16.5. The van der Waals surface area contributed by atoms with Gasteiger partial charge in [0.2, 0.25) is 0 Å². The van der Waals surface area contributed by atoms with Crippen molar-refractivity contribution in [3.05, 3.63) is 71.9 Å². The van der Waals surface area contributed by atoms with Gasteiger partial charge in [0, 0.05) is 30.7 Å². The first-order valence-electron chi connectivity index (χ1n) is 10.2. The molecule has 1 heterocycles. The monoisotopic (exact) mass is 390 g/mol. The fraction of sp³-hybridized carbons (Fsp3) is 0.320. The molecule has 1 aromatic heterocycles. The van der Waals surface area contributed by atoms with Crippen LogP contribution >= 0.6 is 0 Å². The minimum absolute atomic E-state index is 0.158. The van der Waals surface area contributed by atoms with Crippen LogP contribution in [0.15, 0.2) is 60.7 Å². The molecule has 152 valence electrons. The topological polar surface area (TPSA) is 34.5 Å². The van der Waals surface area contributed by atoms with Crippen LogP contribution in [-0.4, -0.2) is 42.5 Å². The number of aromatic nitrogens is 1. The summed E-state index contributed by atoms with van der Waals surface area (Å²) in [5.41, 5.74) is 3.48. The highest BCUT2D eigenvalue weighted by Crippen LogP contribution is 2.20. The Labute approximate surface area is 173 Å². The molecule has 0 aliphatic rings. The van der Waals surface area contributed by atoms with E-state index in [1.165, 1.54) is 16.6 Å². The highest BCUT2D eigenvalue weighted by molar-refractivity contribution is 5.93. The SMILES string of the molecule is Cc1cc2ccccc2n1CCCC(=O)/C=C/c1ccc(OCCN(C)C)cc1. The lowest BCUT2D eigenvalue weighted by atomic mass is 10.1. The Kier molecular flexibility index (Phi) is 7.25. The van der Waals surface area contributed by atoms with Crippen LogP contribution < -0.4 is 4.74 Å². The quantitative estimate of drug-likeness (QED) is 0.459. The molecule has 0 radical (unpaired) electrons. The van der Waals surface area contributed by atoms with Gasteiger partial charge in [-0.15, -0.1) is 0 Å². The zero-order valence-electron chi connectivity index (χ0n) is 17.6. The van der Waals surface area contributed by atoms with Gasteiger partial charge < -0.3 is 14.2 Å². The van der Waals surface area contributed by atoms with Gasteiger partial charge in [-0.05, 0) is 68.7 Å². The lowest BCUT2D eigenvalue weighted by Crippen LogP contribution is -2.19. The van der Waals surface area contributed by atoms with Crippen LogP contribution in [-0.2, 0) is 11.3 Å². The van der Waals surface area contributed by atoms with E-state index in [9.17, 15) is 4.79 Å². The van der Waals surface area contributed by atoms with Gasteiger partial charge in [0.1, 0.15) is 12.4 Å². The van der Waals surface area contributed by atoms with Crippen LogP contribution in [0.25, 0.3) is 17.0 Å². The van der Waals surface area contributed by atoms with Crippen LogP contribution in [0.2, 0.25) is 0 Å². The van der Waals surface area contributed by atoms with E-state index in [1.54, 1.807) is 6.08 Å². The first-order chi connectivity index (χ1) is 14.0. The van der Waals surface area contributed by atoms with E-state index in [1.807, 2.05) is 44.4 Å². The van der Waals surface area contributed by atoms with Crippen LogP contribution in [0.4, 0.5) is 0 Å². The Balaban J connectivity index is 1.46. The van der Waals surface area contributed by atoms with E-state index in [2.05, 4.69) is 46.7 Å². The molecular formula is C25H30N2O2. The third-order valence-electron chi connectivity index (χ3n) is 4.97. The van der Waals surface area contributed by atoms with Crippen LogP contribution in [0.5, 0.6) is 5.75 Å². The van der Waals surface area contributed by atoms with Crippen molar-refractivity contribution in [2.75, 3.05) is 27.2 Å². The molecule has 0 atom stereocenters. The van der Waals surface area contributed by atoms with E-state index < -0.39 is 0 Å². The van der Waals surface area contributed by atoms with Crippen LogP contribution in [0.1, 0.15) is 24.1 Å². The summed E-state index contributed by atoms with van der Waals surface area (Å²) in [4.78, 5) is 14.3. The molecule has 0 aliphatic carbocycles. The fourth-order valence-corrected chi connectivity index (χ4v) is 3.35. The van der Waals surface area contributed by atoms with E-state index in [-0.39, 0.29) is 5.78 Å². The number of ketones is 1. The van der Waals surface area contributed by atoms with Gasteiger partial charge in [-0.1, -0.05) is 36.4 Å². The number of carbonyl (C=O) groups is 1. The summed E-state index contributed by atoms with van der Waals surface area (Å²) in [5.74, 6) is 1.01. The Bertz CT molecular complexity index is 968. The number of carbonyl (C=O) groups excluding carboxylic acids is 1. The molecular weight excluding hydrogens is 360 g/mol. The van der Waals surface area contributed by atoms with E-state index in [0.717, 1.165) is 30.8 Å². The molecule has 0 saturated carbocycles. The standard InChI is InChI=1S/C25H30N2O2/c1-20-19-22-7-4-5-9-25(22)27(20)16-6-8-23(28)13-10-21-11-14-24(15-12-21)29-18-17-26(2)3/h4-5,7,9-15,19H,6,8,16-18H2,1-3H3/b13-10+. The molecule has 3 aromatic rings. The van der Waals surface area contributed by atoms with Crippen molar-refractivity contribution in [3.63, 3.8) is 0 Å². The van der Waals surface area contributed by atoms with E-state index in [0.29, 0.717) is 13.0 Å². The predicted octanol–water partition coefficient (Wildman–Crippen LogP) is 4.95. The molecule has 0 unspecified atom stereocenters. The minimum Gasteiger partial charge on any atom is -0.492 e. The van der Waals surface area contributed by atoms with Crippen molar-refractivity contribution < 1.29 is 9.53 Å². The number of nitrogens with zero attached hydrogens (tertiary/aromatic N) is 2. The number of hydrogen-bond donors (Lipinski definition) is 0. The van der Waals surface area contributed by atoms with Crippen molar-refractivity contribution >= 4 is 22.8 Å². The molecule has 2 aromatic carbocycles. The Hall–Kier alpha value is -2.85. The zero-order chi connectivity index (χ0) is 20.6. The fourth-order valence-electron chi connectivity index (χ4n) is 3.35. The average molecular weight is 391 g/mol. The molecule has 3 rings (SSSR count). The van der Waals surface area contributed by atoms with Crippen LogP contribution in [0, 0.1) is 6.92 Å². The summed E-state index contributed by atoms with van der Waals surface area (Å²) in [7, 11) is 4.05.